The van der Waals surface area contributed by atoms with E-state index in [1.54, 1.807) is 0 Å². The first-order chi connectivity index (χ1) is 32.3. The fourth-order valence-corrected chi connectivity index (χ4v) is 11.6. The van der Waals surface area contributed by atoms with Crippen molar-refractivity contribution in [3.8, 4) is 50.4 Å². The summed E-state index contributed by atoms with van der Waals surface area (Å²) in [7, 11) is 0. The minimum Gasteiger partial charge on any atom is -0.309 e. The van der Waals surface area contributed by atoms with Gasteiger partial charge in [-0.15, -0.1) is 0 Å². The van der Waals surface area contributed by atoms with Crippen molar-refractivity contribution in [1.29, 1.82) is 0 Å². The fourth-order valence-electron chi connectivity index (χ4n) is 11.6. The van der Waals surface area contributed by atoms with Gasteiger partial charge in [-0.2, -0.15) is 0 Å². The van der Waals surface area contributed by atoms with Crippen LogP contribution in [0, 0.1) is 0 Å². The summed E-state index contributed by atoms with van der Waals surface area (Å²) < 4.78 is 7.46. The zero-order valence-corrected chi connectivity index (χ0v) is 35.2. The SMILES string of the molecule is c1ccc2c(c1)-c1cccc3c(-c4ccc5cc(-n6c7ccccc7c7cc(-n8c9ccccc9c9ccccc98)c(-n8c9ccccc9c9ccccc98)cc76)ccc5c4)ccc-2c13. The molecule has 15 rings (SSSR count). The first kappa shape index (κ1) is 34.9. The molecule has 0 unspecified atom stereocenters. The molecule has 3 heteroatoms. The maximum Gasteiger partial charge on any atom is 0.0724 e. The Hall–Kier alpha value is -8.66. The summed E-state index contributed by atoms with van der Waals surface area (Å²) in [6.07, 6.45) is 0. The van der Waals surface area contributed by atoms with E-state index in [9.17, 15) is 0 Å². The Balaban J connectivity index is 0.977. The molecule has 3 nitrogen and oxygen atoms in total. The van der Waals surface area contributed by atoms with Crippen molar-refractivity contribution in [2.45, 2.75) is 0 Å². The van der Waals surface area contributed by atoms with Crippen LogP contribution in [0.15, 0.2) is 224 Å². The normalized spacial score (nSPS) is 12.3. The minimum absolute atomic E-state index is 1.13. The Labute approximate surface area is 373 Å². The minimum atomic E-state index is 1.13. The molecule has 65 heavy (non-hydrogen) atoms. The van der Waals surface area contributed by atoms with Crippen LogP contribution in [0.2, 0.25) is 0 Å². The number of nitrogens with zero attached hydrogens (tertiary/aromatic N) is 3. The van der Waals surface area contributed by atoms with E-state index in [1.165, 1.54) is 115 Å². The van der Waals surface area contributed by atoms with Gasteiger partial charge in [0.2, 0.25) is 0 Å². The molecule has 0 radical (unpaired) electrons. The number of fused-ring (bicyclic) bond motifs is 13. The van der Waals surface area contributed by atoms with Crippen LogP contribution in [0.1, 0.15) is 0 Å². The van der Waals surface area contributed by atoms with Crippen LogP contribution in [0.3, 0.4) is 0 Å². The van der Waals surface area contributed by atoms with Crippen molar-refractivity contribution in [2.24, 2.45) is 0 Å². The summed E-state index contributed by atoms with van der Waals surface area (Å²) in [6.45, 7) is 0. The van der Waals surface area contributed by atoms with Gasteiger partial charge in [-0.3, -0.25) is 0 Å². The van der Waals surface area contributed by atoms with Crippen LogP contribution in [-0.2, 0) is 0 Å². The van der Waals surface area contributed by atoms with E-state index in [2.05, 4.69) is 238 Å². The summed E-state index contributed by atoms with van der Waals surface area (Å²) in [5.41, 5.74) is 18.3. The first-order valence-corrected chi connectivity index (χ1v) is 22.5. The largest absolute Gasteiger partial charge is 0.309 e. The van der Waals surface area contributed by atoms with Crippen LogP contribution in [0.5, 0.6) is 0 Å². The number of hydrogen-bond acceptors (Lipinski definition) is 0. The second-order valence-corrected chi connectivity index (χ2v) is 17.6. The number of benzene rings is 11. The number of aromatic nitrogens is 3. The lowest BCUT2D eigenvalue weighted by Crippen LogP contribution is -2.04. The average Bonchev–Trinajstić information content (AvgIpc) is 4.09. The maximum absolute atomic E-state index is 2.49. The smallest absolute Gasteiger partial charge is 0.0724 e. The van der Waals surface area contributed by atoms with Gasteiger partial charge in [0.1, 0.15) is 0 Å². The molecule has 14 aromatic rings. The highest BCUT2D eigenvalue weighted by molar-refractivity contribution is 6.19. The van der Waals surface area contributed by atoms with E-state index in [0.717, 1.165) is 22.6 Å². The Morgan fingerprint density at radius 1 is 0.231 bits per heavy atom. The molecule has 0 saturated carbocycles. The van der Waals surface area contributed by atoms with Crippen molar-refractivity contribution in [3.63, 3.8) is 0 Å². The monoisotopic (exact) mass is 823 g/mol. The predicted molar refractivity (Wildman–Crippen MR) is 274 cm³/mol. The summed E-state index contributed by atoms with van der Waals surface area (Å²) in [4.78, 5) is 0. The van der Waals surface area contributed by atoms with E-state index in [1.807, 2.05) is 0 Å². The molecule has 0 amide bonds. The molecule has 3 aromatic heterocycles. The second kappa shape index (κ2) is 12.9. The standard InChI is InChI=1S/C62H37N3/c1-2-15-44-43(14-1)51-22-13-21-50-42(32-33-52(44)62(50)51)40-29-28-39-35-41(31-30-38(39)34-40)63-54-23-8-7-20-49(54)53-36-60(64-55-24-9-3-16-45(55)46-17-4-10-25-56(46)64)61(37-59(53)63)65-57-26-11-5-18-47(57)48-19-6-12-27-58(48)65/h1-37H. The third-order valence-corrected chi connectivity index (χ3v) is 14.4. The molecule has 0 N–H and O–H groups in total. The van der Waals surface area contributed by atoms with E-state index < -0.39 is 0 Å². The first-order valence-electron chi connectivity index (χ1n) is 22.5. The zero-order chi connectivity index (χ0) is 42.3. The summed E-state index contributed by atoms with van der Waals surface area (Å²) in [5.74, 6) is 0. The predicted octanol–water partition coefficient (Wildman–Crippen LogP) is 16.6. The van der Waals surface area contributed by atoms with Gasteiger partial charge in [-0.25, -0.2) is 0 Å². The topological polar surface area (TPSA) is 14.8 Å². The molecule has 0 aliphatic heterocycles. The highest BCUT2D eigenvalue weighted by Crippen LogP contribution is 2.50. The van der Waals surface area contributed by atoms with Crippen LogP contribution in [0.25, 0.3) is 137 Å². The lowest BCUT2D eigenvalue weighted by Gasteiger charge is -2.18. The third-order valence-electron chi connectivity index (χ3n) is 14.4. The van der Waals surface area contributed by atoms with E-state index in [0.29, 0.717) is 0 Å². The van der Waals surface area contributed by atoms with Gasteiger partial charge in [0.15, 0.2) is 0 Å². The van der Waals surface area contributed by atoms with Crippen LogP contribution < -0.4 is 0 Å². The summed E-state index contributed by atoms with van der Waals surface area (Å²) in [6, 6.07) is 83.4. The van der Waals surface area contributed by atoms with Gasteiger partial charge in [-0.05, 0) is 116 Å². The van der Waals surface area contributed by atoms with Crippen LogP contribution >= 0.6 is 0 Å². The van der Waals surface area contributed by atoms with Gasteiger partial charge < -0.3 is 13.7 Å². The Morgan fingerprint density at radius 3 is 1.26 bits per heavy atom. The molecule has 0 spiro atoms. The Kier molecular flexibility index (Phi) is 6.95. The lowest BCUT2D eigenvalue weighted by atomic mass is 9.93. The molecular formula is C62H37N3. The molecule has 0 saturated heterocycles. The molecular weight excluding hydrogens is 787 g/mol. The lowest BCUT2D eigenvalue weighted by molar-refractivity contribution is 1.09. The molecule has 0 bridgehead atoms. The van der Waals surface area contributed by atoms with Crippen molar-refractivity contribution >= 4 is 87.0 Å². The number of hydrogen-bond donors (Lipinski definition) is 0. The van der Waals surface area contributed by atoms with Gasteiger partial charge >= 0.3 is 0 Å². The molecule has 1 aliphatic rings. The maximum atomic E-state index is 2.49. The van der Waals surface area contributed by atoms with Crippen molar-refractivity contribution < 1.29 is 0 Å². The Bertz CT molecular complexity index is 4230. The van der Waals surface area contributed by atoms with Crippen molar-refractivity contribution in [1.82, 2.24) is 13.7 Å². The molecule has 300 valence electrons. The van der Waals surface area contributed by atoms with E-state index in [4.69, 9.17) is 0 Å². The molecule has 3 heterocycles. The van der Waals surface area contributed by atoms with Crippen molar-refractivity contribution in [3.05, 3.63) is 224 Å². The van der Waals surface area contributed by atoms with E-state index in [-0.39, 0.29) is 0 Å². The second-order valence-electron chi connectivity index (χ2n) is 17.6. The highest BCUT2D eigenvalue weighted by Gasteiger charge is 2.25. The molecule has 0 fully saturated rings. The third kappa shape index (κ3) is 4.74. The van der Waals surface area contributed by atoms with Crippen molar-refractivity contribution in [2.75, 3.05) is 0 Å². The quantitative estimate of drug-likeness (QED) is 0.168. The summed E-state index contributed by atoms with van der Waals surface area (Å²) >= 11 is 0. The number of para-hydroxylation sites is 5. The molecule has 11 aromatic carbocycles. The van der Waals surface area contributed by atoms with Gasteiger partial charge in [0.25, 0.3) is 0 Å². The fraction of sp³-hybridized carbons (Fsp3) is 0. The zero-order valence-electron chi connectivity index (χ0n) is 35.2. The molecule has 0 atom stereocenters. The van der Waals surface area contributed by atoms with Gasteiger partial charge in [0.05, 0.1) is 44.5 Å². The molecule has 1 aliphatic carbocycles. The van der Waals surface area contributed by atoms with Gasteiger partial charge in [0, 0.05) is 38.0 Å². The van der Waals surface area contributed by atoms with Gasteiger partial charge in [-0.1, -0.05) is 164 Å². The Morgan fingerprint density at radius 2 is 0.662 bits per heavy atom. The van der Waals surface area contributed by atoms with Crippen LogP contribution in [0.4, 0.5) is 0 Å². The summed E-state index contributed by atoms with van der Waals surface area (Å²) in [5, 5.41) is 12.5. The number of rotatable bonds is 4. The highest BCUT2D eigenvalue weighted by atomic mass is 15.1. The van der Waals surface area contributed by atoms with Crippen LogP contribution in [-0.4, -0.2) is 13.7 Å². The van der Waals surface area contributed by atoms with E-state index >= 15 is 0 Å². The average molecular weight is 824 g/mol.